The van der Waals surface area contributed by atoms with E-state index in [0.717, 1.165) is 23.2 Å². The third-order valence-corrected chi connectivity index (χ3v) is 3.39. The molecule has 0 aliphatic heterocycles. The van der Waals surface area contributed by atoms with Crippen LogP contribution in [0.15, 0.2) is 41.0 Å². The Hall–Kier alpha value is -2.23. The Morgan fingerprint density at radius 1 is 1.37 bits per heavy atom. The minimum atomic E-state index is 0.206. The van der Waals surface area contributed by atoms with Gasteiger partial charge in [0.1, 0.15) is 5.76 Å². The van der Waals surface area contributed by atoms with Gasteiger partial charge in [0.25, 0.3) is 0 Å². The first-order valence-corrected chi connectivity index (χ1v) is 6.41. The summed E-state index contributed by atoms with van der Waals surface area (Å²) in [5.74, 6) is 1.51. The molecule has 4 heteroatoms. The van der Waals surface area contributed by atoms with E-state index in [-0.39, 0.29) is 6.04 Å². The fourth-order valence-electron chi connectivity index (χ4n) is 2.50. The lowest BCUT2D eigenvalue weighted by molar-refractivity contribution is 0.456. The van der Waals surface area contributed by atoms with E-state index in [9.17, 15) is 0 Å². The normalized spacial score (nSPS) is 12.9. The Bertz CT molecular complexity index is 698. The third-order valence-electron chi connectivity index (χ3n) is 3.39. The number of nitrogens with two attached hydrogens (primary N) is 1. The lowest BCUT2D eigenvalue weighted by Gasteiger charge is -2.14. The number of rotatable bonds is 3. The fraction of sp³-hybridized carbons (Fsp3) is 0.267. The van der Waals surface area contributed by atoms with Crippen LogP contribution in [0.1, 0.15) is 24.3 Å². The van der Waals surface area contributed by atoms with Crippen molar-refractivity contribution in [2.45, 2.75) is 26.3 Å². The molecule has 0 saturated heterocycles. The van der Waals surface area contributed by atoms with Gasteiger partial charge in [-0.3, -0.25) is 0 Å². The molecule has 1 aromatic carbocycles. The summed E-state index contributed by atoms with van der Waals surface area (Å²) in [6.45, 7) is 4.20. The first kappa shape index (κ1) is 11.8. The van der Waals surface area contributed by atoms with Crippen LogP contribution in [0, 0.1) is 6.92 Å². The second-order valence-electron chi connectivity index (χ2n) is 4.96. The summed E-state index contributed by atoms with van der Waals surface area (Å²) < 4.78 is 7.48. The topological polar surface area (TPSA) is 57.0 Å². The average Bonchev–Trinajstić information content (AvgIpc) is 2.95. The molecule has 1 unspecified atom stereocenters. The standard InChI is InChI=1S/C15H17N3O/c1-10-5-6-13-14(8-10)18(15(16)17-13)11(2)9-12-4-3-7-19-12/h3-8,11H,9H2,1-2H3,(H2,16,17). The molecule has 0 fully saturated rings. The molecule has 0 saturated carbocycles. The van der Waals surface area contributed by atoms with Crippen molar-refractivity contribution >= 4 is 17.0 Å². The quantitative estimate of drug-likeness (QED) is 0.781. The Labute approximate surface area is 111 Å². The second-order valence-corrected chi connectivity index (χ2v) is 4.96. The molecule has 0 bridgehead atoms. The summed E-state index contributed by atoms with van der Waals surface area (Å²) in [5, 5.41) is 0. The van der Waals surface area contributed by atoms with Gasteiger partial charge in [0.15, 0.2) is 0 Å². The highest BCUT2D eigenvalue weighted by molar-refractivity contribution is 5.79. The number of benzene rings is 1. The lowest BCUT2D eigenvalue weighted by atomic mass is 10.1. The molecule has 4 nitrogen and oxygen atoms in total. The van der Waals surface area contributed by atoms with Gasteiger partial charge in [0, 0.05) is 12.5 Å². The molecule has 0 spiro atoms. The molecule has 3 aromatic rings. The van der Waals surface area contributed by atoms with Crippen LogP contribution in [-0.4, -0.2) is 9.55 Å². The van der Waals surface area contributed by atoms with Crippen LogP contribution in [0.5, 0.6) is 0 Å². The number of nitrogens with zero attached hydrogens (tertiary/aromatic N) is 2. The first-order valence-electron chi connectivity index (χ1n) is 6.41. The molecule has 98 valence electrons. The number of furan rings is 1. The van der Waals surface area contributed by atoms with Crippen molar-refractivity contribution in [3.8, 4) is 0 Å². The maximum absolute atomic E-state index is 6.05. The molecule has 0 radical (unpaired) electrons. The number of fused-ring (bicyclic) bond motifs is 1. The lowest BCUT2D eigenvalue weighted by Crippen LogP contribution is -2.11. The first-order chi connectivity index (χ1) is 9.15. The van der Waals surface area contributed by atoms with E-state index < -0.39 is 0 Å². The van der Waals surface area contributed by atoms with Crippen molar-refractivity contribution in [1.82, 2.24) is 9.55 Å². The Morgan fingerprint density at radius 3 is 2.95 bits per heavy atom. The number of aryl methyl sites for hydroxylation is 1. The van der Waals surface area contributed by atoms with E-state index in [1.807, 2.05) is 18.2 Å². The number of hydrogen-bond donors (Lipinski definition) is 1. The van der Waals surface area contributed by atoms with Crippen LogP contribution in [0.4, 0.5) is 5.95 Å². The molecule has 19 heavy (non-hydrogen) atoms. The monoisotopic (exact) mass is 255 g/mol. The van der Waals surface area contributed by atoms with Crippen molar-refractivity contribution < 1.29 is 4.42 Å². The van der Waals surface area contributed by atoms with Crippen molar-refractivity contribution in [2.75, 3.05) is 5.73 Å². The van der Waals surface area contributed by atoms with Gasteiger partial charge in [0.2, 0.25) is 5.95 Å². The summed E-state index contributed by atoms with van der Waals surface area (Å²) in [7, 11) is 0. The van der Waals surface area contributed by atoms with Crippen molar-refractivity contribution in [3.63, 3.8) is 0 Å². The maximum Gasteiger partial charge on any atom is 0.201 e. The largest absolute Gasteiger partial charge is 0.469 e. The van der Waals surface area contributed by atoms with E-state index >= 15 is 0 Å². The highest BCUT2D eigenvalue weighted by Gasteiger charge is 2.15. The summed E-state index contributed by atoms with van der Waals surface area (Å²) in [4.78, 5) is 4.41. The van der Waals surface area contributed by atoms with Crippen LogP contribution < -0.4 is 5.73 Å². The van der Waals surface area contributed by atoms with Crippen molar-refractivity contribution in [1.29, 1.82) is 0 Å². The molecule has 3 rings (SSSR count). The van der Waals surface area contributed by atoms with Crippen molar-refractivity contribution in [3.05, 3.63) is 47.9 Å². The SMILES string of the molecule is Cc1ccc2nc(N)n(C(C)Cc3ccco3)c2c1. The summed E-state index contributed by atoms with van der Waals surface area (Å²) in [5.41, 5.74) is 9.28. The van der Waals surface area contributed by atoms with Gasteiger partial charge in [-0.05, 0) is 43.7 Å². The van der Waals surface area contributed by atoms with Gasteiger partial charge in [-0.15, -0.1) is 0 Å². The number of imidazole rings is 1. The predicted molar refractivity (Wildman–Crippen MR) is 76.0 cm³/mol. The zero-order valence-electron chi connectivity index (χ0n) is 11.1. The Morgan fingerprint density at radius 2 is 2.21 bits per heavy atom. The van der Waals surface area contributed by atoms with E-state index in [0.29, 0.717) is 5.95 Å². The van der Waals surface area contributed by atoms with E-state index in [1.165, 1.54) is 5.56 Å². The van der Waals surface area contributed by atoms with Gasteiger partial charge < -0.3 is 14.7 Å². The van der Waals surface area contributed by atoms with Gasteiger partial charge in [-0.2, -0.15) is 0 Å². The zero-order valence-corrected chi connectivity index (χ0v) is 11.1. The van der Waals surface area contributed by atoms with Gasteiger partial charge in [0.05, 0.1) is 17.3 Å². The van der Waals surface area contributed by atoms with Crippen LogP contribution >= 0.6 is 0 Å². The van der Waals surface area contributed by atoms with Gasteiger partial charge in [-0.1, -0.05) is 6.07 Å². The highest BCUT2D eigenvalue weighted by Crippen LogP contribution is 2.25. The maximum atomic E-state index is 6.05. The van der Waals surface area contributed by atoms with Crippen LogP contribution in [0.25, 0.3) is 11.0 Å². The van der Waals surface area contributed by atoms with Crippen LogP contribution in [0.2, 0.25) is 0 Å². The van der Waals surface area contributed by atoms with E-state index in [1.54, 1.807) is 6.26 Å². The molecule has 0 amide bonds. The molecule has 2 N–H and O–H groups in total. The minimum absolute atomic E-state index is 0.206. The molecular formula is C15H17N3O. The number of hydrogen-bond acceptors (Lipinski definition) is 3. The Balaban J connectivity index is 2.03. The second kappa shape index (κ2) is 4.46. The smallest absolute Gasteiger partial charge is 0.201 e. The van der Waals surface area contributed by atoms with E-state index in [4.69, 9.17) is 10.2 Å². The summed E-state index contributed by atoms with van der Waals surface area (Å²) in [6.07, 6.45) is 2.50. The molecule has 0 aliphatic rings. The van der Waals surface area contributed by atoms with Crippen molar-refractivity contribution in [2.24, 2.45) is 0 Å². The molecular weight excluding hydrogens is 238 g/mol. The molecule has 0 aliphatic carbocycles. The van der Waals surface area contributed by atoms with Crippen LogP contribution in [-0.2, 0) is 6.42 Å². The highest BCUT2D eigenvalue weighted by atomic mass is 16.3. The predicted octanol–water partition coefficient (Wildman–Crippen LogP) is 3.32. The summed E-state index contributed by atoms with van der Waals surface area (Å²) >= 11 is 0. The van der Waals surface area contributed by atoms with E-state index in [2.05, 4.69) is 35.5 Å². The molecule has 2 aromatic heterocycles. The Kier molecular flexibility index (Phi) is 2.78. The van der Waals surface area contributed by atoms with Crippen LogP contribution in [0.3, 0.4) is 0 Å². The summed E-state index contributed by atoms with van der Waals surface area (Å²) in [6, 6.07) is 10.3. The number of nitrogen functional groups attached to an aromatic ring is 1. The zero-order chi connectivity index (χ0) is 13.4. The number of aromatic nitrogens is 2. The number of anilines is 1. The molecule has 2 heterocycles. The van der Waals surface area contributed by atoms with Gasteiger partial charge >= 0.3 is 0 Å². The van der Waals surface area contributed by atoms with Gasteiger partial charge in [-0.25, -0.2) is 4.98 Å². The fourth-order valence-corrected chi connectivity index (χ4v) is 2.50. The minimum Gasteiger partial charge on any atom is -0.469 e. The average molecular weight is 255 g/mol. The third kappa shape index (κ3) is 2.10. The molecule has 1 atom stereocenters.